The number of benzene rings is 1. The molecule has 5 nitrogen and oxygen atoms in total. The van der Waals surface area contributed by atoms with Gasteiger partial charge in [-0.2, -0.15) is 13.2 Å². The number of ether oxygens (including phenoxy) is 1. The normalized spacial score (nSPS) is 16.8. The molecule has 0 atom stereocenters. The molecule has 0 saturated carbocycles. The Hall–Kier alpha value is -1.58. The lowest BCUT2D eigenvalue weighted by atomic mass is 9.74. The van der Waals surface area contributed by atoms with Crippen molar-refractivity contribution in [3.8, 4) is 0 Å². The summed E-state index contributed by atoms with van der Waals surface area (Å²) in [4.78, 5) is 12.5. The van der Waals surface area contributed by atoms with Crippen molar-refractivity contribution in [1.82, 2.24) is 5.32 Å². The van der Waals surface area contributed by atoms with Crippen molar-refractivity contribution in [2.45, 2.75) is 26.9 Å². The second kappa shape index (κ2) is 8.41. The number of carbonyl (C=O) groups excluding carboxylic acids is 1. The molecule has 1 aromatic carbocycles. The van der Waals surface area contributed by atoms with Gasteiger partial charge in [-0.05, 0) is 16.9 Å². The molecule has 0 amide bonds. The van der Waals surface area contributed by atoms with Crippen LogP contribution in [-0.4, -0.2) is 46.0 Å². The van der Waals surface area contributed by atoms with E-state index in [0.717, 1.165) is 6.07 Å². The number of carbonyl (C=O) groups is 1. The zero-order valence-electron chi connectivity index (χ0n) is 15.1. The zero-order valence-corrected chi connectivity index (χ0v) is 15.1. The van der Waals surface area contributed by atoms with Crippen molar-refractivity contribution in [2.24, 2.45) is 5.41 Å². The van der Waals surface area contributed by atoms with Crippen LogP contribution in [-0.2, 0) is 20.2 Å². The predicted molar refractivity (Wildman–Crippen MR) is 91.3 cm³/mol. The Morgan fingerprint density at radius 1 is 1.19 bits per heavy atom. The molecule has 0 unspecified atom stereocenters. The van der Waals surface area contributed by atoms with Crippen LogP contribution in [0.15, 0.2) is 18.2 Å². The Labute approximate surface area is 151 Å². The average molecular weight is 373 g/mol. The van der Waals surface area contributed by atoms with Crippen LogP contribution in [0.2, 0.25) is 0 Å². The van der Waals surface area contributed by atoms with Crippen LogP contribution < -0.4 is 10.8 Å². The highest BCUT2D eigenvalue weighted by atomic mass is 19.4. The molecule has 1 N–H and O–H groups in total. The molecule has 26 heavy (non-hydrogen) atoms. The summed E-state index contributed by atoms with van der Waals surface area (Å²) in [7, 11) is -1.06. The highest BCUT2D eigenvalue weighted by molar-refractivity contribution is 6.63. The Kier molecular flexibility index (Phi) is 6.71. The first kappa shape index (κ1) is 20.7. The van der Waals surface area contributed by atoms with Crippen molar-refractivity contribution < 1.29 is 32.0 Å². The lowest BCUT2D eigenvalue weighted by Gasteiger charge is -2.23. The second-order valence-corrected chi connectivity index (χ2v) is 7.23. The van der Waals surface area contributed by atoms with Crippen molar-refractivity contribution in [3.05, 3.63) is 29.3 Å². The van der Waals surface area contributed by atoms with E-state index in [9.17, 15) is 18.0 Å². The maximum atomic E-state index is 13.5. The fraction of sp³-hybridized carbons (Fsp3) is 0.588. The van der Waals surface area contributed by atoms with Gasteiger partial charge in [0, 0.05) is 26.3 Å². The molecule has 0 spiro atoms. The number of nitrogens with one attached hydrogen (secondary N) is 1. The molecule has 1 heterocycles. The largest absolute Gasteiger partial charge is 0.494 e. The summed E-state index contributed by atoms with van der Waals surface area (Å²) in [6, 6.07) is 3.51. The number of rotatable bonds is 3. The number of halogens is 3. The van der Waals surface area contributed by atoms with Crippen LogP contribution >= 0.6 is 0 Å². The van der Waals surface area contributed by atoms with Crippen LogP contribution in [0.5, 0.6) is 0 Å². The standard InChI is InChI=1S/C17H23BF3NO4/c1-16(2,3)11-24-15(23)14-12(17(19,20)21)5-4-6-13(14)18-25-9-7-22-8-10-26-18/h4-6,22H,7-11H2,1-3H3. The van der Waals surface area contributed by atoms with Crippen LogP contribution in [0.3, 0.4) is 0 Å². The van der Waals surface area contributed by atoms with Crippen molar-refractivity contribution in [1.29, 1.82) is 0 Å². The molecule has 9 heteroatoms. The van der Waals surface area contributed by atoms with Gasteiger partial charge in [-0.1, -0.05) is 32.9 Å². The molecule has 1 aliphatic rings. The molecule has 0 bridgehead atoms. The van der Waals surface area contributed by atoms with Gasteiger partial charge in [0.1, 0.15) is 0 Å². The Bertz CT molecular complexity index is 623. The van der Waals surface area contributed by atoms with Gasteiger partial charge in [-0.25, -0.2) is 4.79 Å². The van der Waals surface area contributed by atoms with Gasteiger partial charge >= 0.3 is 19.3 Å². The molecular weight excluding hydrogens is 350 g/mol. The Morgan fingerprint density at radius 2 is 1.81 bits per heavy atom. The lowest BCUT2D eigenvalue weighted by Crippen LogP contribution is -2.46. The summed E-state index contributed by atoms with van der Waals surface area (Å²) >= 11 is 0. The highest BCUT2D eigenvalue weighted by Crippen LogP contribution is 2.32. The van der Waals surface area contributed by atoms with Crippen LogP contribution in [0.25, 0.3) is 0 Å². The molecule has 1 saturated heterocycles. The maximum absolute atomic E-state index is 13.5. The van der Waals surface area contributed by atoms with E-state index in [0.29, 0.717) is 13.1 Å². The number of alkyl halides is 3. The monoisotopic (exact) mass is 373 g/mol. The molecule has 0 aliphatic carbocycles. The molecule has 0 aromatic heterocycles. The van der Waals surface area contributed by atoms with E-state index < -0.39 is 30.4 Å². The topological polar surface area (TPSA) is 56.8 Å². The quantitative estimate of drug-likeness (QED) is 0.651. The average Bonchev–Trinajstić information content (AvgIpc) is 2.50. The number of hydrogen-bond donors (Lipinski definition) is 1. The number of esters is 1. The maximum Gasteiger partial charge on any atom is 0.494 e. The summed E-state index contributed by atoms with van der Waals surface area (Å²) < 4.78 is 56.6. The second-order valence-electron chi connectivity index (χ2n) is 7.23. The molecule has 0 radical (unpaired) electrons. The molecule has 1 fully saturated rings. The molecule has 1 aromatic rings. The zero-order chi connectivity index (χ0) is 19.4. The van der Waals surface area contributed by atoms with Crippen molar-refractivity contribution in [2.75, 3.05) is 32.9 Å². The van der Waals surface area contributed by atoms with Gasteiger partial charge in [-0.3, -0.25) is 0 Å². The Balaban J connectivity index is 2.41. The van der Waals surface area contributed by atoms with Crippen molar-refractivity contribution >= 4 is 18.6 Å². The van der Waals surface area contributed by atoms with E-state index >= 15 is 0 Å². The van der Waals surface area contributed by atoms with Crippen LogP contribution in [0, 0.1) is 5.41 Å². The van der Waals surface area contributed by atoms with Crippen LogP contribution in [0.1, 0.15) is 36.7 Å². The van der Waals surface area contributed by atoms with Gasteiger partial charge in [-0.15, -0.1) is 0 Å². The van der Waals surface area contributed by atoms with Gasteiger partial charge in [0.25, 0.3) is 0 Å². The first-order chi connectivity index (χ1) is 12.1. The summed E-state index contributed by atoms with van der Waals surface area (Å²) in [5, 5.41) is 3.05. The third kappa shape index (κ3) is 5.72. The van der Waals surface area contributed by atoms with E-state index in [4.69, 9.17) is 14.0 Å². The van der Waals surface area contributed by atoms with E-state index in [1.54, 1.807) is 0 Å². The van der Waals surface area contributed by atoms with Gasteiger partial charge in [0.2, 0.25) is 0 Å². The first-order valence-corrected chi connectivity index (χ1v) is 8.41. The smallest absolute Gasteiger partial charge is 0.462 e. The van der Waals surface area contributed by atoms with Gasteiger partial charge < -0.3 is 19.4 Å². The minimum absolute atomic E-state index is 0.00618. The SMILES string of the molecule is CC(C)(C)COC(=O)c1c(B2OCCNCCO2)cccc1C(F)(F)F. The summed E-state index contributed by atoms with van der Waals surface area (Å²) in [5.41, 5.74) is -1.95. The summed E-state index contributed by atoms with van der Waals surface area (Å²) in [5.74, 6) is -1.03. The fourth-order valence-corrected chi connectivity index (χ4v) is 2.41. The predicted octanol–water partition coefficient (Wildman–Crippen LogP) is 2.24. The van der Waals surface area contributed by atoms with Crippen LogP contribution in [0.4, 0.5) is 13.2 Å². The minimum atomic E-state index is -4.70. The Morgan fingerprint density at radius 3 is 2.35 bits per heavy atom. The molecule has 1 aliphatic heterocycles. The third-order valence-corrected chi connectivity index (χ3v) is 3.59. The molecule has 2 rings (SSSR count). The molecule has 144 valence electrons. The summed E-state index contributed by atoms with van der Waals surface area (Å²) in [6.45, 7) is 7.05. The first-order valence-electron chi connectivity index (χ1n) is 8.41. The third-order valence-electron chi connectivity index (χ3n) is 3.59. The van der Waals surface area contributed by atoms with E-state index in [1.807, 2.05) is 20.8 Å². The summed E-state index contributed by atoms with van der Waals surface area (Å²) in [6.07, 6.45) is -4.70. The molecular formula is C17H23BF3NO4. The lowest BCUT2D eigenvalue weighted by molar-refractivity contribution is -0.138. The minimum Gasteiger partial charge on any atom is -0.462 e. The fourth-order valence-electron chi connectivity index (χ4n) is 2.41. The van der Waals surface area contributed by atoms with Gasteiger partial charge in [0.15, 0.2) is 0 Å². The van der Waals surface area contributed by atoms with E-state index in [1.165, 1.54) is 12.1 Å². The number of hydrogen-bond acceptors (Lipinski definition) is 5. The van der Waals surface area contributed by atoms with Gasteiger partial charge in [0.05, 0.1) is 17.7 Å². The van der Waals surface area contributed by atoms with E-state index in [2.05, 4.69) is 5.32 Å². The van der Waals surface area contributed by atoms with Crippen molar-refractivity contribution in [3.63, 3.8) is 0 Å². The van der Waals surface area contributed by atoms with E-state index in [-0.39, 0.29) is 30.7 Å². The highest BCUT2D eigenvalue weighted by Gasteiger charge is 2.40.